The van der Waals surface area contributed by atoms with E-state index in [2.05, 4.69) is 4.79 Å². The maximum absolute atomic E-state index is 10.1. The van der Waals surface area contributed by atoms with Crippen LogP contribution < -0.4 is 5.43 Å². The van der Waals surface area contributed by atoms with Gasteiger partial charge in [-0.25, -0.2) is 0 Å². The van der Waals surface area contributed by atoms with Gasteiger partial charge >= 0.3 is 12.0 Å². The van der Waals surface area contributed by atoms with Gasteiger partial charge < -0.3 is 16.8 Å². The van der Waals surface area contributed by atoms with E-state index in [0.29, 0.717) is 6.21 Å². The van der Waals surface area contributed by atoms with Crippen molar-refractivity contribution in [3.8, 4) is 0 Å². The van der Waals surface area contributed by atoms with Crippen molar-refractivity contribution in [2.45, 2.75) is 0 Å². The quantitative estimate of drug-likeness (QED) is 0.209. The summed E-state index contributed by atoms with van der Waals surface area (Å²) in [5.74, 6) is 3.96. The zero-order valence-electron chi connectivity index (χ0n) is 4.87. The van der Waals surface area contributed by atoms with E-state index in [1.165, 1.54) is 5.43 Å². The summed E-state index contributed by atoms with van der Waals surface area (Å²) in [7, 11) is 0. The van der Waals surface area contributed by atoms with E-state index >= 15 is 0 Å². The van der Waals surface area contributed by atoms with Gasteiger partial charge in [0.05, 0.1) is 0 Å². The van der Waals surface area contributed by atoms with Gasteiger partial charge in [-0.1, -0.05) is 0 Å². The number of carbonyl (C=O) groups is 2. The molecule has 10 heavy (non-hydrogen) atoms. The number of ketones is 1. The molecule has 0 aromatic rings. The fourth-order valence-electron chi connectivity index (χ4n) is 0.173. The van der Waals surface area contributed by atoms with Crippen LogP contribution in [-0.4, -0.2) is 22.7 Å². The molecule has 6 nitrogen and oxygen atoms in total. The minimum absolute atomic E-state index is 0. The topological polar surface area (TPSA) is 106 Å². The van der Waals surface area contributed by atoms with Gasteiger partial charge in [-0.05, 0) is 0 Å². The van der Waals surface area contributed by atoms with Crippen LogP contribution in [0.25, 0.3) is 11.4 Å². The van der Waals surface area contributed by atoms with Gasteiger partial charge in [-0.3, -0.25) is 9.59 Å². The van der Waals surface area contributed by atoms with Crippen molar-refractivity contribution < 1.29 is 47.1 Å². The Balaban J connectivity index is 0. The summed E-state index contributed by atoms with van der Waals surface area (Å²) < 4.78 is 0. The molecular weight excluding hydrogens is 213 g/mol. The first kappa shape index (κ1) is 12.3. The second-order valence-corrected chi connectivity index (χ2v) is 1.06. The number of carbonyl (C=O) groups excluding carboxylic acids is 2. The molecule has 0 atom stereocenters. The third kappa shape index (κ3) is 4.46. The van der Waals surface area contributed by atoms with Gasteiger partial charge in [-0.2, -0.15) is 4.79 Å². The van der Waals surface area contributed by atoms with Crippen LogP contribution in [0.2, 0.25) is 0 Å². The van der Waals surface area contributed by atoms with E-state index in [4.69, 9.17) is 11.4 Å². The average molecular weight is 216 g/mol. The Bertz CT molecular complexity index is 185. The molecule has 0 aromatic heterocycles. The molecule has 0 unspecified atom stereocenters. The largest absolute Gasteiger partial charge is 0.583 e. The van der Waals surface area contributed by atoms with Crippen LogP contribution in [0.4, 0.5) is 0 Å². The van der Waals surface area contributed by atoms with Crippen LogP contribution >= 0.6 is 0 Å². The number of nitrogens with zero attached hydrogens (tertiary/aromatic N) is 2. The van der Waals surface area contributed by atoms with Crippen molar-refractivity contribution in [3.05, 3.63) is 11.4 Å². The molecule has 7 heteroatoms. The summed E-state index contributed by atoms with van der Waals surface area (Å²) in [6, 6.07) is 0. The van der Waals surface area contributed by atoms with Crippen LogP contribution in [0.5, 0.6) is 0 Å². The molecule has 0 fully saturated rings. The molecule has 1 amide bonds. The first-order chi connectivity index (χ1) is 4.22. The molecule has 0 spiro atoms. The van der Waals surface area contributed by atoms with Crippen molar-refractivity contribution in [2.24, 2.45) is 0 Å². The number of nitrogens with one attached hydrogen (secondary N) is 2. The predicted octanol–water partition coefficient (Wildman–Crippen LogP) is -1.06. The summed E-state index contributed by atoms with van der Waals surface area (Å²) in [6.07, 6.45) is 0.407. The van der Waals surface area contributed by atoms with E-state index < -0.39 is 11.7 Å². The van der Waals surface area contributed by atoms with E-state index in [0.717, 1.165) is 0 Å². The number of hydrogen-bond donors (Lipinski definition) is 1. The van der Waals surface area contributed by atoms with Crippen LogP contribution in [-0.2, 0) is 42.3 Å². The number of Topliss-reactive ketones (excluding diaryl/α,β-unsaturated/α-hetero) is 1. The molecule has 0 saturated carbocycles. The van der Waals surface area contributed by atoms with Crippen molar-refractivity contribution >= 4 is 17.9 Å². The maximum atomic E-state index is 10.1. The minimum atomic E-state index is -1.13. The summed E-state index contributed by atoms with van der Waals surface area (Å²) in [5, 5.41) is 0. The van der Waals surface area contributed by atoms with E-state index in [-0.39, 0.29) is 32.7 Å². The van der Waals surface area contributed by atoms with Crippen molar-refractivity contribution in [1.82, 2.24) is 5.43 Å². The molecular formula is C3H3N4O2Y-. The standard InChI is InChI=1S/C3H4N4O2.Y/c4-6-1-2(8)3(9)7-5;/h1H,(H3,5,7,8,9);/p-1. The van der Waals surface area contributed by atoms with Crippen molar-refractivity contribution in [3.63, 3.8) is 0 Å². The summed E-state index contributed by atoms with van der Waals surface area (Å²) in [5.41, 5.74) is 9.00. The van der Waals surface area contributed by atoms with Crippen LogP contribution in [0.3, 0.4) is 0 Å². The van der Waals surface area contributed by atoms with Crippen molar-refractivity contribution in [2.75, 3.05) is 0 Å². The monoisotopic (exact) mass is 216 g/mol. The molecule has 0 heterocycles. The summed E-state index contributed by atoms with van der Waals surface area (Å²) in [4.78, 5) is 22.5. The van der Waals surface area contributed by atoms with Crippen LogP contribution in [0.15, 0.2) is 0 Å². The zero-order valence-corrected chi connectivity index (χ0v) is 7.70. The summed E-state index contributed by atoms with van der Waals surface area (Å²) >= 11 is 0. The second kappa shape index (κ2) is 6.70. The third-order valence-electron chi connectivity index (χ3n) is 0.512. The molecule has 0 saturated heterocycles. The Morgan fingerprint density at radius 2 is 2.10 bits per heavy atom. The summed E-state index contributed by atoms with van der Waals surface area (Å²) in [6.45, 7) is 0. The van der Waals surface area contributed by atoms with Gasteiger partial charge in [-0.15, -0.1) is 0 Å². The Morgan fingerprint density at radius 1 is 1.60 bits per heavy atom. The molecule has 0 aliphatic rings. The molecule has 2 N–H and O–H groups in total. The Labute approximate surface area is 81.6 Å². The van der Waals surface area contributed by atoms with Gasteiger partial charge in [0.2, 0.25) is 0 Å². The van der Waals surface area contributed by atoms with Gasteiger partial charge in [0.15, 0.2) is 0 Å². The molecule has 51 valence electrons. The Morgan fingerprint density at radius 3 is 2.40 bits per heavy atom. The SMILES string of the molecule is [N-]=[N+]=CC(=O)C(=O)N[NH-].[Y]. The number of amides is 1. The number of hydrogen-bond acceptors (Lipinski definition) is 2. The van der Waals surface area contributed by atoms with Gasteiger partial charge in [0.1, 0.15) is 0 Å². The molecule has 1 radical (unpaired) electrons. The normalized spacial score (nSPS) is 6.50. The molecule has 0 rings (SSSR count). The average Bonchev–Trinajstić information content (AvgIpc) is 1.87. The van der Waals surface area contributed by atoms with E-state index in [1.807, 2.05) is 0 Å². The molecule has 0 aromatic carbocycles. The fourth-order valence-corrected chi connectivity index (χ4v) is 0.173. The van der Waals surface area contributed by atoms with Crippen LogP contribution in [0.1, 0.15) is 0 Å². The fraction of sp³-hybridized carbons (Fsp3) is 0. The Hall–Kier alpha value is -0.416. The van der Waals surface area contributed by atoms with Crippen LogP contribution in [0, 0.1) is 0 Å². The molecule has 0 bridgehead atoms. The molecule has 0 aliphatic carbocycles. The molecule has 0 aliphatic heterocycles. The first-order valence-corrected chi connectivity index (χ1v) is 1.91. The smallest absolute Gasteiger partial charge is 0.333 e. The zero-order chi connectivity index (χ0) is 7.28. The van der Waals surface area contributed by atoms with Gasteiger partial charge in [0.25, 0.3) is 5.91 Å². The first-order valence-electron chi connectivity index (χ1n) is 1.91. The predicted molar refractivity (Wildman–Crippen MR) is 27.2 cm³/mol. The van der Waals surface area contributed by atoms with Crippen molar-refractivity contribution in [1.29, 1.82) is 0 Å². The maximum Gasteiger partial charge on any atom is 0.333 e. The third-order valence-corrected chi connectivity index (χ3v) is 0.512. The van der Waals surface area contributed by atoms with Gasteiger partial charge in [0, 0.05) is 32.7 Å². The number of rotatable bonds is 2. The van der Waals surface area contributed by atoms with E-state index in [9.17, 15) is 9.59 Å². The second-order valence-electron chi connectivity index (χ2n) is 1.06. The van der Waals surface area contributed by atoms with E-state index in [1.54, 1.807) is 0 Å². The Kier molecular flexibility index (Phi) is 8.23. The minimum Gasteiger partial charge on any atom is -0.583 e.